The van der Waals surface area contributed by atoms with Crippen LogP contribution in [0.25, 0.3) is 10.2 Å². The molecule has 0 bridgehead atoms. The smallest absolute Gasteiger partial charge is 0.108 e. The highest BCUT2D eigenvalue weighted by atomic mass is 32.1. The second kappa shape index (κ2) is 5.11. The van der Waals surface area contributed by atoms with Gasteiger partial charge in [-0.05, 0) is 26.0 Å². The molecule has 0 aliphatic heterocycles. The number of fused-ring (bicyclic) bond motifs is 1. The minimum Gasteiger partial charge on any atom is -0.306 e. The number of para-hydroxylation sites is 1. The van der Waals surface area contributed by atoms with E-state index in [-0.39, 0.29) is 0 Å². The Morgan fingerprint density at radius 2 is 2.05 bits per heavy atom. The minimum absolute atomic E-state index is 0.795. The highest BCUT2D eigenvalue weighted by Gasteiger charge is 2.07. The van der Waals surface area contributed by atoms with Crippen molar-refractivity contribution in [2.24, 2.45) is 0 Å². The van der Waals surface area contributed by atoms with Crippen LogP contribution in [-0.2, 0) is 13.1 Å². The minimum atomic E-state index is 0.795. The van der Waals surface area contributed by atoms with Crippen LogP contribution >= 0.6 is 11.3 Å². The molecule has 0 saturated carbocycles. The summed E-state index contributed by atoms with van der Waals surface area (Å²) in [4.78, 5) is 4.61. The van der Waals surface area contributed by atoms with Crippen LogP contribution in [-0.4, -0.2) is 15.2 Å². The third-order valence-electron chi connectivity index (χ3n) is 3.20. The van der Waals surface area contributed by atoms with Gasteiger partial charge in [0, 0.05) is 24.3 Å². The average molecular weight is 272 g/mol. The van der Waals surface area contributed by atoms with Gasteiger partial charge < -0.3 is 5.32 Å². The van der Waals surface area contributed by atoms with Gasteiger partial charge in [-0.3, -0.25) is 5.10 Å². The summed E-state index contributed by atoms with van der Waals surface area (Å²) in [5, 5.41) is 11.8. The Kier molecular flexibility index (Phi) is 3.31. The van der Waals surface area contributed by atoms with E-state index in [4.69, 9.17) is 0 Å². The fourth-order valence-electron chi connectivity index (χ4n) is 2.12. The fraction of sp³-hybridized carbons (Fsp3) is 0.286. The summed E-state index contributed by atoms with van der Waals surface area (Å²) in [6.07, 6.45) is 0. The van der Waals surface area contributed by atoms with Crippen molar-refractivity contribution in [2.75, 3.05) is 0 Å². The van der Waals surface area contributed by atoms with Gasteiger partial charge >= 0.3 is 0 Å². The largest absolute Gasteiger partial charge is 0.306 e. The SMILES string of the molecule is Cc1n[nH]c(C)c1CNCc1nc2ccccc2s1. The third kappa shape index (κ3) is 2.52. The highest BCUT2D eigenvalue weighted by molar-refractivity contribution is 7.18. The quantitative estimate of drug-likeness (QED) is 0.768. The predicted octanol–water partition coefficient (Wildman–Crippen LogP) is 2.93. The second-order valence-electron chi connectivity index (χ2n) is 4.59. The molecule has 0 unspecified atom stereocenters. The topological polar surface area (TPSA) is 53.6 Å². The van der Waals surface area contributed by atoms with Gasteiger partial charge in [0.1, 0.15) is 5.01 Å². The number of hydrogen-bond donors (Lipinski definition) is 2. The summed E-state index contributed by atoms with van der Waals surface area (Å²) in [5.74, 6) is 0. The summed E-state index contributed by atoms with van der Waals surface area (Å²) in [5.41, 5.74) is 4.53. The molecule has 4 nitrogen and oxygen atoms in total. The monoisotopic (exact) mass is 272 g/mol. The maximum absolute atomic E-state index is 4.61. The maximum Gasteiger partial charge on any atom is 0.108 e. The first-order valence-corrected chi connectivity index (χ1v) is 7.11. The number of aromatic amines is 1. The van der Waals surface area contributed by atoms with E-state index in [0.29, 0.717) is 0 Å². The molecule has 0 saturated heterocycles. The van der Waals surface area contributed by atoms with E-state index < -0.39 is 0 Å². The Bertz CT molecular complexity index is 646. The molecule has 0 fully saturated rings. The van der Waals surface area contributed by atoms with Crippen molar-refractivity contribution in [3.05, 3.63) is 46.2 Å². The van der Waals surface area contributed by atoms with Gasteiger partial charge in [0.05, 0.1) is 15.9 Å². The van der Waals surface area contributed by atoms with E-state index in [1.165, 1.54) is 10.3 Å². The van der Waals surface area contributed by atoms with Crippen LogP contribution < -0.4 is 5.32 Å². The lowest BCUT2D eigenvalue weighted by molar-refractivity contribution is 0.686. The molecular formula is C14H16N4S. The summed E-state index contributed by atoms with van der Waals surface area (Å²) in [6, 6.07) is 8.24. The van der Waals surface area contributed by atoms with Crippen molar-refractivity contribution < 1.29 is 0 Å². The van der Waals surface area contributed by atoms with E-state index in [2.05, 4.69) is 45.6 Å². The number of rotatable bonds is 4. The molecule has 0 amide bonds. The van der Waals surface area contributed by atoms with Crippen molar-refractivity contribution in [3.63, 3.8) is 0 Å². The summed E-state index contributed by atoms with van der Waals surface area (Å²) >= 11 is 1.75. The number of aryl methyl sites for hydroxylation is 2. The van der Waals surface area contributed by atoms with Crippen molar-refractivity contribution >= 4 is 21.6 Å². The van der Waals surface area contributed by atoms with Crippen molar-refractivity contribution in [1.82, 2.24) is 20.5 Å². The molecule has 3 aromatic rings. The lowest BCUT2D eigenvalue weighted by Crippen LogP contribution is -2.13. The molecule has 2 N–H and O–H groups in total. The normalized spacial score (nSPS) is 11.3. The first-order chi connectivity index (χ1) is 9.24. The zero-order valence-electron chi connectivity index (χ0n) is 11.0. The number of nitrogens with zero attached hydrogens (tertiary/aromatic N) is 2. The molecule has 19 heavy (non-hydrogen) atoms. The third-order valence-corrected chi connectivity index (χ3v) is 4.23. The molecule has 0 aliphatic rings. The number of hydrogen-bond acceptors (Lipinski definition) is 4. The highest BCUT2D eigenvalue weighted by Crippen LogP contribution is 2.21. The summed E-state index contributed by atoms with van der Waals surface area (Å²) in [6.45, 7) is 5.69. The van der Waals surface area contributed by atoms with Gasteiger partial charge in [-0.1, -0.05) is 12.1 Å². The number of nitrogens with one attached hydrogen (secondary N) is 2. The molecule has 2 aromatic heterocycles. The molecular weight excluding hydrogens is 256 g/mol. The summed E-state index contributed by atoms with van der Waals surface area (Å²) < 4.78 is 1.25. The van der Waals surface area contributed by atoms with Gasteiger partial charge in [-0.15, -0.1) is 11.3 Å². The van der Waals surface area contributed by atoms with Gasteiger partial charge in [-0.25, -0.2) is 4.98 Å². The Balaban J connectivity index is 1.66. The van der Waals surface area contributed by atoms with Crippen LogP contribution in [0.4, 0.5) is 0 Å². The second-order valence-corrected chi connectivity index (χ2v) is 5.71. The van der Waals surface area contributed by atoms with E-state index in [1.54, 1.807) is 11.3 Å². The van der Waals surface area contributed by atoms with Gasteiger partial charge in [0.25, 0.3) is 0 Å². The Morgan fingerprint density at radius 1 is 1.21 bits per heavy atom. The number of H-pyrrole nitrogens is 1. The average Bonchev–Trinajstić information content (AvgIpc) is 2.95. The van der Waals surface area contributed by atoms with Crippen molar-refractivity contribution in [2.45, 2.75) is 26.9 Å². The van der Waals surface area contributed by atoms with Crippen LogP contribution in [0.5, 0.6) is 0 Å². The number of benzene rings is 1. The molecule has 1 aromatic carbocycles. The Morgan fingerprint density at radius 3 is 2.79 bits per heavy atom. The molecule has 0 radical (unpaired) electrons. The maximum atomic E-state index is 4.61. The molecule has 5 heteroatoms. The van der Waals surface area contributed by atoms with Crippen LogP contribution in [0.2, 0.25) is 0 Å². The van der Waals surface area contributed by atoms with E-state index >= 15 is 0 Å². The van der Waals surface area contributed by atoms with Crippen LogP contribution in [0.3, 0.4) is 0 Å². The Hall–Kier alpha value is -1.72. The lowest BCUT2D eigenvalue weighted by Gasteiger charge is -2.02. The standard InChI is InChI=1S/C14H16N4S/c1-9-11(10(2)18-17-9)7-15-8-14-16-12-5-3-4-6-13(12)19-14/h3-6,15H,7-8H2,1-2H3,(H,17,18). The van der Waals surface area contributed by atoms with E-state index in [9.17, 15) is 0 Å². The summed E-state index contributed by atoms with van der Waals surface area (Å²) in [7, 11) is 0. The molecule has 0 spiro atoms. The fourth-order valence-corrected chi connectivity index (χ4v) is 3.06. The molecule has 3 rings (SSSR count). The van der Waals surface area contributed by atoms with Gasteiger partial charge in [0.2, 0.25) is 0 Å². The molecule has 98 valence electrons. The molecule has 2 heterocycles. The zero-order valence-corrected chi connectivity index (χ0v) is 11.8. The molecule has 0 atom stereocenters. The lowest BCUT2D eigenvalue weighted by atomic mass is 10.2. The predicted molar refractivity (Wildman–Crippen MR) is 78.2 cm³/mol. The van der Waals surface area contributed by atoms with Gasteiger partial charge in [0.15, 0.2) is 0 Å². The first-order valence-electron chi connectivity index (χ1n) is 6.29. The number of thiazole rings is 1. The first kappa shape index (κ1) is 12.3. The Labute approximate surface area is 115 Å². The number of aromatic nitrogens is 3. The van der Waals surface area contributed by atoms with Crippen LogP contribution in [0.15, 0.2) is 24.3 Å². The molecule has 0 aliphatic carbocycles. The zero-order chi connectivity index (χ0) is 13.2. The van der Waals surface area contributed by atoms with Crippen molar-refractivity contribution in [1.29, 1.82) is 0 Å². The van der Waals surface area contributed by atoms with E-state index in [1.807, 2.05) is 13.0 Å². The van der Waals surface area contributed by atoms with Gasteiger partial charge in [-0.2, -0.15) is 5.10 Å². The van der Waals surface area contributed by atoms with E-state index in [0.717, 1.165) is 35.0 Å². The van der Waals surface area contributed by atoms with Crippen molar-refractivity contribution in [3.8, 4) is 0 Å². The van der Waals surface area contributed by atoms with Crippen LogP contribution in [0.1, 0.15) is 22.0 Å². The van der Waals surface area contributed by atoms with Crippen LogP contribution in [0, 0.1) is 13.8 Å².